The third-order valence-corrected chi connectivity index (χ3v) is 2.65. The first-order chi connectivity index (χ1) is 9.33. The number of nitrogens with zero attached hydrogens (tertiary/aromatic N) is 2. The van der Waals surface area contributed by atoms with Gasteiger partial charge in [-0.1, -0.05) is 36.4 Å². The average Bonchev–Trinajstić information content (AvgIpc) is 2.82. The van der Waals surface area contributed by atoms with E-state index in [-0.39, 0.29) is 5.69 Å². The molecule has 5 heteroatoms. The number of aromatic amines is 1. The highest BCUT2D eigenvalue weighted by Crippen LogP contribution is 2.11. The molecule has 0 saturated heterocycles. The largest absolute Gasteiger partial charge is 0.349 e. The summed E-state index contributed by atoms with van der Waals surface area (Å²) in [6.07, 6.45) is 0. The van der Waals surface area contributed by atoms with Crippen LogP contribution in [0.2, 0.25) is 0 Å². The van der Waals surface area contributed by atoms with E-state index in [2.05, 4.69) is 15.4 Å². The summed E-state index contributed by atoms with van der Waals surface area (Å²) >= 11 is 0. The Morgan fingerprint density at radius 3 is 2.26 bits per heavy atom. The summed E-state index contributed by atoms with van der Waals surface area (Å²) < 4.78 is 1.32. The number of para-hydroxylation sites is 2. The monoisotopic (exact) mass is 252 g/mol. The Balaban J connectivity index is 1.92. The van der Waals surface area contributed by atoms with E-state index < -0.39 is 0 Å². The molecule has 3 rings (SSSR count). The molecule has 0 fully saturated rings. The van der Waals surface area contributed by atoms with Crippen LogP contribution in [0.3, 0.4) is 0 Å². The predicted molar refractivity (Wildman–Crippen MR) is 73.9 cm³/mol. The molecule has 0 radical (unpaired) electrons. The maximum absolute atomic E-state index is 11.8. The first-order valence-electron chi connectivity index (χ1n) is 5.90. The second kappa shape index (κ2) is 4.81. The SMILES string of the molecule is O=c1[nH]c(Nc2ccccc2)nn1-c1ccccc1. The Morgan fingerprint density at radius 1 is 0.947 bits per heavy atom. The van der Waals surface area contributed by atoms with Gasteiger partial charge in [0.05, 0.1) is 5.69 Å². The number of aromatic nitrogens is 3. The van der Waals surface area contributed by atoms with Crippen LogP contribution < -0.4 is 11.0 Å². The lowest BCUT2D eigenvalue weighted by Crippen LogP contribution is -2.15. The lowest BCUT2D eigenvalue weighted by atomic mass is 10.3. The molecular weight excluding hydrogens is 240 g/mol. The molecule has 0 aliphatic heterocycles. The molecule has 0 saturated carbocycles. The second-order valence-corrected chi connectivity index (χ2v) is 4.02. The van der Waals surface area contributed by atoms with E-state index in [0.717, 1.165) is 11.4 Å². The summed E-state index contributed by atoms with van der Waals surface area (Å²) in [7, 11) is 0. The van der Waals surface area contributed by atoms with Gasteiger partial charge in [-0.3, -0.25) is 4.98 Å². The van der Waals surface area contributed by atoms with Crippen LogP contribution in [0.25, 0.3) is 5.69 Å². The second-order valence-electron chi connectivity index (χ2n) is 4.02. The minimum absolute atomic E-state index is 0.273. The molecule has 0 aliphatic carbocycles. The fraction of sp³-hybridized carbons (Fsp3) is 0. The van der Waals surface area contributed by atoms with Crippen molar-refractivity contribution in [2.45, 2.75) is 0 Å². The van der Waals surface area contributed by atoms with E-state index in [0.29, 0.717) is 5.95 Å². The van der Waals surface area contributed by atoms with Crippen molar-refractivity contribution in [3.8, 4) is 5.69 Å². The lowest BCUT2D eigenvalue weighted by molar-refractivity contribution is 0.845. The van der Waals surface area contributed by atoms with Crippen LogP contribution in [0.4, 0.5) is 11.6 Å². The van der Waals surface area contributed by atoms with Crippen molar-refractivity contribution in [2.75, 3.05) is 5.32 Å². The predicted octanol–water partition coefficient (Wildman–Crippen LogP) is 2.30. The van der Waals surface area contributed by atoms with Crippen molar-refractivity contribution in [2.24, 2.45) is 0 Å². The van der Waals surface area contributed by atoms with Crippen LogP contribution in [0.5, 0.6) is 0 Å². The topological polar surface area (TPSA) is 62.7 Å². The fourth-order valence-electron chi connectivity index (χ4n) is 1.78. The maximum Gasteiger partial charge on any atom is 0.349 e. The van der Waals surface area contributed by atoms with Gasteiger partial charge in [-0.2, -0.15) is 4.68 Å². The molecular formula is C14H12N4O. The Kier molecular flexibility index (Phi) is 2.86. The molecule has 0 bridgehead atoms. The van der Waals surface area contributed by atoms with Gasteiger partial charge < -0.3 is 5.32 Å². The smallest absolute Gasteiger partial charge is 0.324 e. The Labute approximate surface area is 109 Å². The Morgan fingerprint density at radius 2 is 1.58 bits per heavy atom. The zero-order valence-electron chi connectivity index (χ0n) is 10.1. The molecule has 0 amide bonds. The standard InChI is InChI=1S/C14H12N4O/c19-14-16-13(15-11-7-3-1-4-8-11)17-18(14)12-9-5-2-6-10-12/h1-10H,(H2,15,16,17,19). The zero-order valence-corrected chi connectivity index (χ0v) is 10.1. The molecule has 1 aromatic heterocycles. The Bertz CT molecular complexity index is 716. The van der Waals surface area contributed by atoms with Gasteiger partial charge in [-0.15, -0.1) is 5.10 Å². The van der Waals surface area contributed by atoms with Crippen molar-refractivity contribution in [1.82, 2.24) is 14.8 Å². The van der Waals surface area contributed by atoms with Crippen molar-refractivity contribution in [3.63, 3.8) is 0 Å². The van der Waals surface area contributed by atoms with Gasteiger partial charge in [0.25, 0.3) is 0 Å². The van der Waals surface area contributed by atoms with Gasteiger partial charge in [0.1, 0.15) is 0 Å². The van der Waals surface area contributed by atoms with Crippen LogP contribution in [-0.4, -0.2) is 14.8 Å². The van der Waals surface area contributed by atoms with Crippen LogP contribution in [0.1, 0.15) is 0 Å². The van der Waals surface area contributed by atoms with Crippen LogP contribution in [-0.2, 0) is 0 Å². The van der Waals surface area contributed by atoms with Gasteiger partial charge in [0.2, 0.25) is 5.95 Å². The summed E-state index contributed by atoms with van der Waals surface area (Å²) in [6.45, 7) is 0. The first-order valence-corrected chi connectivity index (χ1v) is 5.90. The number of hydrogen-bond acceptors (Lipinski definition) is 3. The highest BCUT2D eigenvalue weighted by molar-refractivity contribution is 5.52. The fourth-order valence-corrected chi connectivity index (χ4v) is 1.78. The molecule has 5 nitrogen and oxygen atoms in total. The Hall–Kier alpha value is -2.82. The third-order valence-electron chi connectivity index (χ3n) is 2.65. The van der Waals surface area contributed by atoms with Crippen LogP contribution in [0.15, 0.2) is 65.5 Å². The molecule has 2 aromatic carbocycles. The molecule has 2 N–H and O–H groups in total. The highest BCUT2D eigenvalue weighted by Gasteiger charge is 2.06. The van der Waals surface area contributed by atoms with Gasteiger partial charge >= 0.3 is 5.69 Å². The summed E-state index contributed by atoms with van der Waals surface area (Å²) in [5, 5.41) is 7.26. The summed E-state index contributed by atoms with van der Waals surface area (Å²) in [5.74, 6) is 0.417. The van der Waals surface area contributed by atoms with Gasteiger partial charge in [0, 0.05) is 5.69 Å². The minimum Gasteiger partial charge on any atom is -0.324 e. The number of rotatable bonds is 3. The van der Waals surface area contributed by atoms with Crippen molar-refractivity contribution >= 4 is 11.6 Å². The van der Waals surface area contributed by atoms with E-state index in [9.17, 15) is 4.79 Å². The van der Waals surface area contributed by atoms with E-state index in [1.807, 2.05) is 60.7 Å². The van der Waals surface area contributed by atoms with Crippen molar-refractivity contribution < 1.29 is 0 Å². The van der Waals surface area contributed by atoms with Crippen molar-refractivity contribution in [1.29, 1.82) is 0 Å². The molecule has 3 aromatic rings. The lowest BCUT2D eigenvalue weighted by Gasteiger charge is -2.00. The number of hydrogen-bond donors (Lipinski definition) is 2. The molecule has 94 valence electrons. The number of anilines is 2. The van der Waals surface area contributed by atoms with Gasteiger partial charge in [0.15, 0.2) is 0 Å². The summed E-state index contributed by atoms with van der Waals surface area (Å²) in [6, 6.07) is 18.8. The molecule has 0 atom stereocenters. The molecule has 0 spiro atoms. The molecule has 0 unspecified atom stereocenters. The normalized spacial score (nSPS) is 10.3. The summed E-state index contributed by atoms with van der Waals surface area (Å²) in [5.41, 5.74) is 1.32. The average molecular weight is 252 g/mol. The first kappa shape index (κ1) is 11.3. The number of benzene rings is 2. The van der Waals surface area contributed by atoms with Crippen LogP contribution in [0, 0.1) is 0 Å². The van der Waals surface area contributed by atoms with E-state index in [1.54, 1.807) is 0 Å². The summed E-state index contributed by atoms with van der Waals surface area (Å²) in [4.78, 5) is 14.5. The van der Waals surface area contributed by atoms with E-state index in [4.69, 9.17) is 0 Å². The van der Waals surface area contributed by atoms with Gasteiger partial charge in [-0.25, -0.2) is 4.79 Å². The molecule has 0 aliphatic rings. The van der Waals surface area contributed by atoms with Crippen molar-refractivity contribution in [3.05, 3.63) is 71.1 Å². The minimum atomic E-state index is -0.273. The third kappa shape index (κ3) is 2.40. The highest BCUT2D eigenvalue weighted by atomic mass is 16.2. The quantitative estimate of drug-likeness (QED) is 0.751. The zero-order chi connectivity index (χ0) is 13.1. The van der Waals surface area contributed by atoms with Crippen LogP contribution >= 0.6 is 0 Å². The number of nitrogens with one attached hydrogen (secondary N) is 2. The number of H-pyrrole nitrogens is 1. The van der Waals surface area contributed by atoms with E-state index in [1.165, 1.54) is 4.68 Å². The maximum atomic E-state index is 11.8. The van der Waals surface area contributed by atoms with E-state index >= 15 is 0 Å². The van der Waals surface area contributed by atoms with Gasteiger partial charge in [-0.05, 0) is 24.3 Å². The molecule has 19 heavy (non-hydrogen) atoms. The molecule has 1 heterocycles.